The van der Waals surface area contributed by atoms with E-state index in [9.17, 15) is 13.6 Å². The number of alkyl halides is 2. The summed E-state index contributed by atoms with van der Waals surface area (Å²) in [5.74, 6) is -0.413. The lowest BCUT2D eigenvalue weighted by molar-refractivity contribution is -0.0501. The molecule has 0 amide bonds. The highest BCUT2D eigenvalue weighted by Crippen LogP contribution is 2.36. The third-order valence-electron chi connectivity index (χ3n) is 3.30. The minimum atomic E-state index is -2.96. The minimum absolute atomic E-state index is 0.0200. The molecule has 130 valence electrons. The molecular formula is C17H19F2NO4. The molecule has 2 rings (SSSR count). The average molecular weight is 339 g/mol. The van der Waals surface area contributed by atoms with Gasteiger partial charge in [0.1, 0.15) is 5.75 Å². The molecule has 0 bridgehead atoms. The van der Waals surface area contributed by atoms with E-state index in [1.54, 1.807) is 19.1 Å². The monoisotopic (exact) mass is 339 g/mol. The Kier molecular flexibility index (Phi) is 5.89. The van der Waals surface area contributed by atoms with Crippen molar-refractivity contribution in [3.63, 3.8) is 0 Å². The molecule has 24 heavy (non-hydrogen) atoms. The van der Waals surface area contributed by atoms with Gasteiger partial charge in [-0.3, -0.25) is 0 Å². The van der Waals surface area contributed by atoms with Crippen LogP contribution in [0.3, 0.4) is 0 Å². The number of benzene rings is 1. The van der Waals surface area contributed by atoms with Gasteiger partial charge in [0.2, 0.25) is 0 Å². The van der Waals surface area contributed by atoms with Crippen molar-refractivity contribution in [3.8, 4) is 17.1 Å². The van der Waals surface area contributed by atoms with E-state index < -0.39 is 12.6 Å². The second kappa shape index (κ2) is 7.90. The lowest BCUT2D eigenvalue weighted by Crippen LogP contribution is -2.06. The summed E-state index contributed by atoms with van der Waals surface area (Å²) in [5, 5.41) is 3.64. The third kappa shape index (κ3) is 4.10. The SMILES string of the molecule is CCCc1cc(C)cc(-c2cc(C(=O)OCC)no2)c1OC(F)F. The van der Waals surface area contributed by atoms with Crippen molar-refractivity contribution >= 4 is 5.97 Å². The van der Waals surface area contributed by atoms with Gasteiger partial charge >= 0.3 is 12.6 Å². The van der Waals surface area contributed by atoms with Crippen LogP contribution in [0, 0.1) is 6.92 Å². The number of halogens is 2. The van der Waals surface area contributed by atoms with Gasteiger partial charge < -0.3 is 14.0 Å². The summed E-state index contributed by atoms with van der Waals surface area (Å²) in [6.07, 6.45) is 1.35. The van der Waals surface area contributed by atoms with Crippen LogP contribution in [0.4, 0.5) is 8.78 Å². The molecule has 0 fully saturated rings. The molecule has 0 aliphatic heterocycles. The number of hydrogen-bond acceptors (Lipinski definition) is 5. The smallest absolute Gasteiger partial charge is 0.387 e. The maximum absolute atomic E-state index is 12.8. The van der Waals surface area contributed by atoms with Crippen LogP contribution in [-0.2, 0) is 11.2 Å². The summed E-state index contributed by atoms with van der Waals surface area (Å²) in [4.78, 5) is 11.7. The quantitative estimate of drug-likeness (QED) is 0.701. The summed E-state index contributed by atoms with van der Waals surface area (Å²) in [6.45, 7) is 2.70. The maximum atomic E-state index is 12.8. The summed E-state index contributed by atoms with van der Waals surface area (Å²) in [6, 6.07) is 4.82. The van der Waals surface area contributed by atoms with Crippen LogP contribution in [0.1, 0.15) is 41.9 Å². The van der Waals surface area contributed by atoms with Gasteiger partial charge in [0.05, 0.1) is 12.2 Å². The molecule has 1 aromatic carbocycles. The van der Waals surface area contributed by atoms with E-state index in [2.05, 4.69) is 5.16 Å². The fourth-order valence-corrected chi connectivity index (χ4v) is 2.42. The largest absolute Gasteiger partial charge is 0.461 e. The zero-order chi connectivity index (χ0) is 17.7. The highest BCUT2D eigenvalue weighted by Gasteiger charge is 2.21. The van der Waals surface area contributed by atoms with Crippen molar-refractivity contribution in [2.24, 2.45) is 0 Å². The van der Waals surface area contributed by atoms with Crippen LogP contribution in [-0.4, -0.2) is 24.3 Å². The van der Waals surface area contributed by atoms with E-state index in [0.29, 0.717) is 17.5 Å². The predicted molar refractivity (Wildman–Crippen MR) is 83.3 cm³/mol. The fraction of sp³-hybridized carbons (Fsp3) is 0.412. The molecule has 2 aromatic rings. The van der Waals surface area contributed by atoms with Gasteiger partial charge in [-0.1, -0.05) is 24.6 Å². The van der Waals surface area contributed by atoms with Gasteiger partial charge in [-0.15, -0.1) is 0 Å². The molecule has 0 spiro atoms. The normalized spacial score (nSPS) is 10.9. The minimum Gasteiger partial charge on any atom is -0.461 e. The summed E-state index contributed by atoms with van der Waals surface area (Å²) in [7, 11) is 0. The van der Waals surface area contributed by atoms with Crippen LogP contribution in [0.15, 0.2) is 22.7 Å². The standard InChI is InChI=1S/C17H19F2NO4/c1-4-6-11-7-10(3)8-12(15(11)23-17(18)19)14-9-13(20-24-14)16(21)22-5-2/h7-9,17H,4-6H2,1-3H3. The van der Waals surface area contributed by atoms with Crippen LogP contribution >= 0.6 is 0 Å². The van der Waals surface area contributed by atoms with E-state index in [1.807, 2.05) is 13.8 Å². The van der Waals surface area contributed by atoms with Crippen LogP contribution in [0.25, 0.3) is 11.3 Å². The number of esters is 1. The number of aryl methyl sites for hydroxylation is 2. The Bertz CT molecular complexity index is 713. The number of carbonyl (C=O) groups excluding carboxylic acids is 1. The molecule has 0 N–H and O–H groups in total. The summed E-state index contributed by atoms with van der Waals surface area (Å²) >= 11 is 0. The lowest BCUT2D eigenvalue weighted by Gasteiger charge is -2.15. The van der Waals surface area contributed by atoms with Crippen LogP contribution in [0.2, 0.25) is 0 Å². The highest BCUT2D eigenvalue weighted by atomic mass is 19.3. The number of hydrogen-bond donors (Lipinski definition) is 0. The van der Waals surface area contributed by atoms with Gasteiger partial charge in [0.25, 0.3) is 0 Å². The lowest BCUT2D eigenvalue weighted by atomic mass is 9.99. The number of carbonyl (C=O) groups is 1. The first-order chi connectivity index (χ1) is 11.5. The topological polar surface area (TPSA) is 61.6 Å². The Morgan fingerprint density at radius 3 is 2.67 bits per heavy atom. The number of nitrogens with zero attached hydrogens (tertiary/aromatic N) is 1. The Hall–Kier alpha value is -2.44. The molecule has 1 aromatic heterocycles. The van der Waals surface area contributed by atoms with Crippen molar-refractivity contribution in [2.45, 2.75) is 40.2 Å². The number of rotatable bonds is 7. The van der Waals surface area contributed by atoms with Crippen LogP contribution in [0.5, 0.6) is 5.75 Å². The highest BCUT2D eigenvalue weighted by molar-refractivity contribution is 5.88. The molecule has 0 aliphatic carbocycles. The number of ether oxygens (including phenoxy) is 2. The Morgan fingerprint density at radius 2 is 2.04 bits per heavy atom. The van der Waals surface area contributed by atoms with Crippen molar-refractivity contribution in [3.05, 3.63) is 35.0 Å². The molecule has 0 radical (unpaired) electrons. The van der Waals surface area contributed by atoms with E-state index in [4.69, 9.17) is 14.0 Å². The molecule has 0 aliphatic rings. The molecule has 7 heteroatoms. The van der Waals surface area contributed by atoms with Gasteiger partial charge in [-0.25, -0.2) is 4.79 Å². The molecule has 0 saturated carbocycles. The molecule has 0 atom stereocenters. The second-order valence-corrected chi connectivity index (χ2v) is 5.23. The van der Waals surface area contributed by atoms with E-state index in [0.717, 1.165) is 12.0 Å². The van der Waals surface area contributed by atoms with Gasteiger partial charge in [0, 0.05) is 6.07 Å². The van der Waals surface area contributed by atoms with Crippen molar-refractivity contribution in [1.82, 2.24) is 5.16 Å². The average Bonchev–Trinajstić information content (AvgIpc) is 2.99. The van der Waals surface area contributed by atoms with Gasteiger partial charge in [0.15, 0.2) is 11.5 Å². The Morgan fingerprint density at radius 1 is 1.29 bits per heavy atom. The van der Waals surface area contributed by atoms with Crippen molar-refractivity contribution in [1.29, 1.82) is 0 Å². The zero-order valence-electron chi connectivity index (χ0n) is 13.8. The van der Waals surface area contributed by atoms with Gasteiger partial charge in [-0.05, 0) is 37.5 Å². The van der Waals surface area contributed by atoms with E-state index >= 15 is 0 Å². The third-order valence-corrected chi connectivity index (χ3v) is 3.30. The summed E-state index contributed by atoms with van der Waals surface area (Å²) < 4.78 is 40.4. The zero-order valence-corrected chi connectivity index (χ0v) is 13.8. The fourth-order valence-electron chi connectivity index (χ4n) is 2.42. The first kappa shape index (κ1) is 17.9. The first-order valence-corrected chi connectivity index (χ1v) is 7.68. The summed E-state index contributed by atoms with van der Waals surface area (Å²) in [5.41, 5.74) is 1.83. The first-order valence-electron chi connectivity index (χ1n) is 7.68. The number of aromatic nitrogens is 1. The predicted octanol–water partition coefficient (Wildman–Crippen LogP) is 4.38. The van der Waals surface area contributed by atoms with E-state index in [-0.39, 0.29) is 23.8 Å². The van der Waals surface area contributed by atoms with E-state index in [1.165, 1.54) is 6.07 Å². The second-order valence-electron chi connectivity index (χ2n) is 5.23. The van der Waals surface area contributed by atoms with Crippen LogP contribution < -0.4 is 4.74 Å². The Balaban J connectivity index is 2.50. The molecule has 1 heterocycles. The molecular weight excluding hydrogens is 320 g/mol. The Labute approximate surface area is 138 Å². The molecule has 5 nitrogen and oxygen atoms in total. The van der Waals surface area contributed by atoms with Crippen molar-refractivity contribution in [2.75, 3.05) is 6.61 Å². The van der Waals surface area contributed by atoms with Gasteiger partial charge in [-0.2, -0.15) is 8.78 Å². The molecule has 0 unspecified atom stereocenters. The van der Waals surface area contributed by atoms with Crippen molar-refractivity contribution < 1.29 is 27.6 Å². The maximum Gasteiger partial charge on any atom is 0.387 e. The molecule has 0 saturated heterocycles.